The van der Waals surface area contributed by atoms with E-state index in [1.165, 1.54) is 61.0 Å². The van der Waals surface area contributed by atoms with Crippen molar-refractivity contribution < 1.29 is 54.6 Å². The second-order valence-electron chi connectivity index (χ2n) is 12.3. The van der Waals surface area contributed by atoms with E-state index in [0.29, 0.717) is 12.4 Å². The Morgan fingerprint density at radius 2 is 1.35 bits per heavy atom. The number of thiophene rings is 1. The zero-order chi connectivity index (χ0) is 37.1. The third-order valence-electron chi connectivity index (χ3n) is 8.61. The summed E-state index contributed by atoms with van der Waals surface area (Å²) in [7, 11) is 0. The second kappa shape index (κ2) is 18.2. The Balaban J connectivity index is 0.000000420. The van der Waals surface area contributed by atoms with Crippen LogP contribution in [0.5, 0.6) is 17.2 Å². The highest BCUT2D eigenvalue weighted by Crippen LogP contribution is 2.43. The molecular weight excluding hydrogens is 680 g/mol. The quantitative estimate of drug-likeness (QED) is 0.122. The number of phenols is 2. The van der Waals surface area contributed by atoms with Crippen molar-refractivity contribution in [2.45, 2.75) is 45.6 Å². The molecule has 1 aromatic heterocycles. The lowest BCUT2D eigenvalue weighted by Crippen LogP contribution is -2.25. The maximum absolute atomic E-state index is 10.9. The topological polar surface area (TPSA) is 205 Å². The van der Waals surface area contributed by atoms with Gasteiger partial charge in [0.1, 0.15) is 12.4 Å². The van der Waals surface area contributed by atoms with Gasteiger partial charge in [-0.1, -0.05) is 18.2 Å². The fourth-order valence-electron chi connectivity index (χ4n) is 6.05. The number of carboxylic acid groups (broad SMARTS) is 4. The number of carboxylic acids is 4. The summed E-state index contributed by atoms with van der Waals surface area (Å²) >= 11 is 1.66. The molecule has 2 aliphatic rings. The van der Waals surface area contributed by atoms with Crippen LogP contribution in [-0.4, -0.2) is 104 Å². The molecule has 51 heavy (non-hydrogen) atoms. The van der Waals surface area contributed by atoms with E-state index in [1.54, 1.807) is 17.4 Å². The lowest BCUT2D eigenvalue weighted by atomic mass is 9.96. The van der Waals surface area contributed by atoms with Crippen molar-refractivity contribution in [1.82, 2.24) is 9.80 Å². The molecule has 0 amide bonds. The molecule has 2 fully saturated rings. The minimum Gasteiger partial charge on any atom is -0.508 e. The van der Waals surface area contributed by atoms with Gasteiger partial charge >= 0.3 is 23.9 Å². The molecule has 0 unspecified atom stereocenters. The molecule has 6 N–H and O–H groups in total. The summed E-state index contributed by atoms with van der Waals surface area (Å²) in [6, 6.07) is 18.3. The number of benzene rings is 3. The first-order chi connectivity index (χ1) is 24.3. The van der Waals surface area contributed by atoms with Gasteiger partial charge in [-0.25, -0.2) is 19.2 Å². The van der Waals surface area contributed by atoms with Gasteiger partial charge in [-0.05, 0) is 135 Å². The van der Waals surface area contributed by atoms with Crippen molar-refractivity contribution in [1.29, 1.82) is 0 Å². The van der Waals surface area contributed by atoms with E-state index < -0.39 is 23.9 Å². The number of aromatic hydroxyl groups is 2. The van der Waals surface area contributed by atoms with Gasteiger partial charge in [0.2, 0.25) is 0 Å². The lowest BCUT2D eigenvalue weighted by molar-refractivity contribution is -0.159. The predicted octanol–water partition coefficient (Wildman–Crippen LogP) is 5.26. The van der Waals surface area contributed by atoms with Crippen LogP contribution >= 0.6 is 11.3 Å². The Kier molecular flexibility index (Phi) is 13.8. The van der Waals surface area contributed by atoms with Gasteiger partial charge in [0.05, 0.1) is 0 Å². The van der Waals surface area contributed by atoms with Crippen molar-refractivity contribution in [2.24, 2.45) is 0 Å². The fraction of sp³-hybridized carbons (Fsp3) is 0.351. The summed E-state index contributed by atoms with van der Waals surface area (Å²) < 4.78 is 6.99. The normalized spacial score (nSPS) is 14.3. The predicted molar refractivity (Wildman–Crippen MR) is 191 cm³/mol. The van der Waals surface area contributed by atoms with Crippen molar-refractivity contribution in [3.05, 3.63) is 76.9 Å². The van der Waals surface area contributed by atoms with Crippen LogP contribution in [0.15, 0.2) is 54.6 Å². The van der Waals surface area contributed by atoms with E-state index in [1.807, 2.05) is 30.3 Å². The molecule has 2 saturated heterocycles. The molecule has 3 heterocycles. The third kappa shape index (κ3) is 11.2. The van der Waals surface area contributed by atoms with Crippen molar-refractivity contribution >= 4 is 45.3 Å². The summed E-state index contributed by atoms with van der Waals surface area (Å²) in [5.41, 5.74) is 6.22. The van der Waals surface area contributed by atoms with Crippen molar-refractivity contribution in [3.8, 4) is 27.7 Å². The first-order valence-electron chi connectivity index (χ1n) is 16.5. The number of nitrogens with zero attached hydrogens (tertiary/aromatic N) is 2. The molecule has 272 valence electrons. The molecule has 2 aliphatic heterocycles. The van der Waals surface area contributed by atoms with E-state index in [2.05, 4.69) is 34.9 Å². The maximum atomic E-state index is 10.9. The number of hydrogen-bond donors (Lipinski definition) is 6. The van der Waals surface area contributed by atoms with Crippen molar-refractivity contribution in [3.63, 3.8) is 0 Å². The number of hydrogen-bond acceptors (Lipinski definition) is 10. The number of ether oxygens (including phenoxy) is 1. The number of aliphatic carboxylic acids is 4. The number of rotatable bonds is 9. The summed E-state index contributed by atoms with van der Waals surface area (Å²) in [6.07, 6.45) is 5.93. The molecule has 0 bridgehead atoms. The van der Waals surface area contributed by atoms with E-state index >= 15 is 0 Å². The second-order valence-corrected chi connectivity index (χ2v) is 13.4. The fourth-order valence-corrected chi connectivity index (χ4v) is 7.30. The molecule has 0 aliphatic carbocycles. The zero-order valence-electron chi connectivity index (χ0n) is 28.2. The first kappa shape index (κ1) is 38.6. The molecule has 0 spiro atoms. The van der Waals surface area contributed by atoms with Crippen LogP contribution in [0, 0.1) is 6.92 Å². The van der Waals surface area contributed by atoms with Gasteiger partial charge in [-0.2, -0.15) is 0 Å². The van der Waals surface area contributed by atoms with Gasteiger partial charge in [-0.15, -0.1) is 11.3 Å². The molecule has 0 radical (unpaired) electrons. The average molecular weight is 723 g/mol. The number of phenolic OH excluding ortho intramolecular Hbond substituents is 2. The highest BCUT2D eigenvalue weighted by atomic mass is 32.1. The van der Waals surface area contributed by atoms with Gasteiger partial charge in [-0.3, -0.25) is 9.80 Å². The summed E-state index contributed by atoms with van der Waals surface area (Å²) in [4.78, 5) is 42.5. The van der Waals surface area contributed by atoms with E-state index in [-0.39, 0.29) is 11.5 Å². The van der Waals surface area contributed by atoms with Crippen LogP contribution in [0.2, 0.25) is 0 Å². The summed E-state index contributed by atoms with van der Waals surface area (Å²) in [5, 5.41) is 51.7. The van der Waals surface area contributed by atoms with E-state index in [0.717, 1.165) is 53.1 Å². The molecule has 14 heteroatoms. The Bertz CT molecular complexity index is 1810. The minimum absolute atomic E-state index is 0.169. The Labute approximate surface area is 298 Å². The van der Waals surface area contributed by atoms with Crippen LogP contribution < -0.4 is 4.74 Å². The number of aryl methyl sites for hydroxylation is 1. The highest BCUT2D eigenvalue weighted by molar-refractivity contribution is 7.22. The van der Waals surface area contributed by atoms with Crippen LogP contribution in [0.4, 0.5) is 0 Å². The minimum atomic E-state index is -1.82. The van der Waals surface area contributed by atoms with Gasteiger partial charge in [0, 0.05) is 22.7 Å². The Morgan fingerprint density at radius 1 is 0.745 bits per heavy atom. The highest BCUT2D eigenvalue weighted by Gasteiger charge is 2.19. The molecule has 3 aromatic carbocycles. The molecular formula is C37H42N2O11S. The zero-order valence-corrected chi connectivity index (χ0v) is 29.0. The Morgan fingerprint density at radius 3 is 1.92 bits per heavy atom. The van der Waals surface area contributed by atoms with Crippen LogP contribution in [0.1, 0.15) is 47.9 Å². The largest absolute Gasteiger partial charge is 0.508 e. The molecule has 0 saturated carbocycles. The van der Waals surface area contributed by atoms with Gasteiger partial charge < -0.3 is 35.4 Å². The van der Waals surface area contributed by atoms with E-state index in [9.17, 15) is 10.2 Å². The summed E-state index contributed by atoms with van der Waals surface area (Å²) in [6.45, 7) is 9.40. The van der Waals surface area contributed by atoms with Crippen LogP contribution in [0.3, 0.4) is 0 Å². The number of fused-ring (bicyclic) bond motifs is 1. The first-order valence-corrected chi connectivity index (χ1v) is 17.3. The van der Waals surface area contributed by atoms with Crippen LogP contribution in [0.25, 0.3) is 20.5 Å². The summed E-state index contributed by atoms with van der Waals surface area (Å²) in [5.74, 6) is -6.33. The van der Waals surface area contributed by atoms with Crippen molar-refractivity contribution in [2.75, 3.05) is 39.3 Å². The third-order valence-corrected chi connectivity index (χ3v) is 9.85. The van der Waals surface area contributed by atoms with Crippen LogP contribution in [-0.2, 0) is 32.1 Å². The lowest BCUT2D eigenvalue weighted by Gasteiger charge is -2.17. The maximum Gasteiger partial charge on any atom is 0.414 e. The molecule has 13 nitrogen and oxygen atoms in total. The Hall–Kier alpha value is -5.18. The van der Waals surface area contributed by atoms with E-state index in [4.69, 9.17) is 44.3 Å². The molecule has 6 rings (SSSR count). The molecule has 4 aromatic rings. The smallest absolute Gasteiger partial charge is 0.414 e. The monoisotopic (exact) mass is 722 g/mol. The molecule has 0 atom stereocenters. The number of carbonyl (C=O) groups is 4. The van der Waals surface area contributed by atoms with Gasteiger partial charge in [0.15, 0.2) is 11.5 Å². The number of likely N-dealkylation sites (tertiary alicyclic amines) is 2. The SMILES string of the molecule is Cc1cc(Cc2c(-c3ccc(OCCN4CCCC4)c(O)c3)sc3cc(O)ccc23)ccc1CN1CCCC1.O=C(O)C(=O)O.O=C(O)C(=O)O. The average Bonchev–Trinajstić information content (AvgIpc) is 3.86. The van der Waals surface area contributed by atoms with Gasteiger partial charge in [0.25, 0.3) is 0 Å². The standard InChI is InChI=1S/C33H38N2O3S.2C2H2O4/c1-23-18-24(6-7-26(23)22-35-14-4-5-15-35)19-29-28-10-9-27(36)21-32(28)39-33(29)25-8-11-31(30(37)20-25)38-17-16-34-12-2-3-13-34;2*3-1(4)2(5)6/h6-11,18,20-21,36-37H,2-5,12-17,19,22H2,1H3;2*(H,3,4)(H,5,6).